The highest BCUT2D eigenvalue weighted by molar-refractivity contribution is 7.21. The summed E-state index contributed by atoms with van der Waals surface area (Å²) in [6, 6.07) is 18.8. The van der Waals surface area contributed by atoms with Crippen LogP contribution in [0.25, 0.3) is 20.8 Å². The first-order valence-electron chi connectivity index (χ1n) is 8.84. The van der Waals surface area contributed by atoms with Crippen molar-refractivity contribution in [2.24, 2.45) is 0 Å². The number of nitrogens with zero attached hydrogens (tertiary/aromatic N) is 1. The number of thiazole rings is 1. The van der Waals surface area contributed by atoms with E-state index < -0.39 is 0 Å². The summed E-state index contributed by atoms with van der Waals surface area (Å²) in [6.45, 7) is 1.80. The normalized spacial score (nSPS) is 10.9. The quantitative estimate of drug-likeness (QED) is 0.378. The molecule has 1 heterocycles. The number of ether oxygens (including phenoxy) is 1. The number of aryl methyl sites for hydroxylation is 1. The number of benzene rings is 3. The molecule has 1 amide bonds. The molecule has 4 nitrogen and oxygen atoms in total. The summed E-state index contributed by atoms with van der Waals surface area (Å²) in [5.41, 5.74) is 3.68. The lowest BCUT2D eigenvalue weighted by Gasteiger charge is -2.11. The third kappa shape index (κ3) is 4.53. The minimum absolute atomic E-state index is 0.152. The lowest BCUT2D eigenvalue weighted by atomic mass is 10.1. The number of amides is 1. The predicted octanol–water partition coefficient (Wildman–Crippen LogP) is 6.60. The van der Waals surface area contributed by atoms with E-state index in [9.17, 15) is 4.79 Å². The SMILES string of the molecule is Cc1cc(-c2nc3ccccc3s2)ccc1NC(=O)COc1ccc(Cl)cc1Cl. The van der Waals surface area contributed by atoms with Crippen molar-refractivity contribution >= 4 is 56.3 Å². The number of para-hydroxylation sites is 1. The average Bonchev–Trinajstić information content (AvgIpc) is 3.13. The molecule has 146 valence electrons. The van der Waals surface area contributed by atoms with E-state index >= 15 is 0 Å². The number of rotatable bonds is 5. The molecule has 1 N–H and O–H groups in total. The van der Waals surface area contributed by atoms with Crippen LogP contribution in [0, 0.1) is 6.92 Å². The van der Waals surface area contributed by atoms with Gasteiger partial charge in [-0.05, 0) is 61.0 Å². The number of hydrogen-bond donors (Lipinski definition) is 1. The fourth-order valence-corrected chi connectivity index (χ4v) is 4.28. The molecule has 0 fully saturated rings. The number of nitrogens with one attached hydrogen (secondary N) is 1. The van der Waals surface area contributed by atoms with E-state index in [0.717, 1.165) is 32.0 Å². The second kappa shape index (κ2) is 8.41. The third-order valence-corrected chi connectivity index (χ3v) is 5.91. The number of fused-ring (bicyclic) bond motifs is 1. The highest BCUT2D eigenvalue weighted by Crippen LogP contribution is 2.32. The van der Waals surface area contributed by atoms with E-state index in [2.05, 4.69) is 16.4 Å². The maximum absolute atomic E-state index is 12.3. The van der Waals surface area contributed by atoms with Gasteiger partial charge in [0.1, 0.15) is 10.8 Å². The van der Waals surface area contributed by atoms with Crippen LogP contribution in [0.15, 0.2) is 60.7 Å². The number of halogens is 2. The Morgan fingerprint density at radius 3 is 2.69 bits per heavy atom. The largest absolute Gasteiger partial charge is 0.482 e. The van der Waals surface area contributed by atoms with Crippen LogP contribution in [0.5, 0.6) is 5.75 Å². The molecule has 0 unspecified atom stereocenters. The molecule has 0 aliphatic heterocycles. The standard InChI is InChI=1S/C22H16Cl2N2O2S/c1-13-10-14(22-26-18-4-2-3-5-20(18)29-22)6-8-17(13)25-21(27)12-28-19-9-7-15(23)11-16(19)24/h2-11H,12H2,1H3,(H,25,27). The number of anilines is 1. The molecule has 0 saturated heterocycles. The fraction of sp³-hybridized carbons (Fsp3) is 0.0909. The maximum atomic E-state index is 12.3. The molecule has 0 saturated carbocycles. The lowest BCUT2D eigenvalue weighted by molar-refractivity contribution is -0.118. The fourth-order valence-electron chi connectivity index (χ4n) is 2.85. The van der Waals surface area contributed by atoms with Gasteiger partial charge in [-0.25, -0.2) is 4.98 Å². The monoisotopic (exact) mass is 442 g/mol. The Morgan fingerprint density at radius 2 is 1.93 bits per heavy atom. The van der Waals surface area contributed by atoms with Gasteiger partial charge in [0.25, 0.3) is 5.91 Å². The summed E-state index contributed by atoms with van der Waals surface area (Å²) in [7, 11) is 0. The van der Waals surface area contributed by atoms with E-state index in [-0.39, 0.29) is 12.5 Å². The molecule has 29 heavy (non-hydrogen) atoms. The van der Waals surface area contributed by atoms with Gasteiger partial charge in [0.15, 0.2) is 6.61 Å². The molecule has 4 aromatic rings. The van der Waals surface area contributed by atoms with Crippen molar-refractivity contribution in [3.8, 4) is 16.3 Å². The van der Waals surface area contributed by atoms with Gasteiger partial charge in [-0.1, -0.05) is 35.3 Å². The first-order chi connectivity index (χ1) is 14.0. The van der Waals surface area contributed by atoms with E-state index in [1.165, 1.54) is 0 Å². The van der Waals surface area contributed by atoms with Gasteiger partial charge in [-0.3, -0.25) is 4.79 Å². The van der Waals surface area contributed by atoms with Crippen LogP contribution in [-0.4, -0.2) is 17.5 Å². The van der Waals surface area contributed by atoms with Gasteiger partial charge in [0, 0.05) is 16.3 Å². The Labute approximate surface area is 182 Å². The smallest absolute Gasteiger partial charge is 0.262 e. The topological polar surface area (TPSA) is 51.2 Å². The van der Waals surface area contributed by atoms with E-state index in [1.807, 2.05) is 43.3 Å². The molecule has 1 aromatic heterocycles. The van der Waals surface area contributed by atoms with Crippen LogP contribution in [0.1, 0.15) is 5.56 Å². The Hall–Kier alpha value is -2.60. The van der Waals surface area contributed by atoms with Crippen LogP contribution in [-0.2, 0) is 4.79 Å². The number of aromatic nitrogens is 1. The van der Waals surface area contributed by atoms with Gasteiger partial charge < -0.3 is 10.1 Å². The second-order valence-corrected chi connectivity index (χ2v) is 8.30. The zero-order chi connectivity index (χ0) is 20.4. The van der Waals surface area contributed by atoms with Crippen molar-refractivity contribution in [3.63, 3.8) is 0 Å². The number of carbonyl (C=O) groups excluding carboxylic acids is 1. The summed E-state index contributed by atoms with van der Waals surface area (Å²) >= 11 is 13.6. The van der Waals surface area contributed by atoms with E-state index in [1.54, 1.807) is 29.5 Å². The summed E-state index contributed by atoms with van der Waals surface area (Å²) in [6.07, 6.45) is 0. The molecule has 0 aliphatic rings. The lowest BCUT2D eigenvalue weighted by Crippen LogP contribution is -2.20. The average molecular weight is 443 g/mol. The molecule has 7 heteroatoms. The molecular weight excluding hydrogens is 427 g/mol. The highest BCUT2D eigenvalue weighted by atomic mass is 35.5. The zero-order valence-corrected chi connectivity index (χ0v) is 17.7. The van der Waals surface area contributed by atoms with E-state index in [0.29, 0.717) is 15.8 Å². The molecule has 0 spiro atoms. The molecule has 0 aliphatic carbocycles. The first kappa shape index (κ1) is 19.7. The van der Waals surface area contributed by atoms with Crippen molar-refractivity contribution in [2.45, 2.75) is 6.92 Å². The van der Waals surface area contributed by atoms with Crippen LogP contribution in [0.4, 0.5) is 5.69 Å². The summed E-state index contributed by atoms with van der Waals surface area (Å²) in [5, 5.41) is 4.69. The summed E-state index contributed by atoms with van der Waals surface area (Å²) < 4.78 is 6.63. The summed E-state index contributed by atoms with van der Waals surface area (Å²) in [5.74, 6) is 0.140. The molecule has 0 bridgehead atoms. The van der Waals surface area contributed by atoms with Gasteiger partial charge >= 0.3 is 0 Å². The third-order valence-electron chi connectivity index (χ3n) is 4.29. The molecular formula is C22H16Cl2N2O2S. The van der Waals surface area contributed by atoms with Gasteiger partial charge in [0.05, 0.1) is 15.2 Å². The number of carbonyl (C=O) groups is 1. The Kier molecular flexibility index (Phi) is 5.72. The van der Waals surface area contributed by atoms with Gasteiger partial charge in [-0.15, -0.1) is 11.3 Å². The number of hydrogen-bond acceptors (Lipinski definition) is 4. The summed E-state index contributed by atoms with van der Waals surface area (Å²) in [4.78, 5) is 17.0. The Bertz CT molecular complexity index is 1170. The minimum Gasteiger partial charge on any atom is -0.482 e. The van der Waals surface area contributed by atoms with Crippen molar-refractivity contribution in [3.05, 3.63) is 76.3 Å². The van der Waals surface area contributed by atoms with Crippen LogP contribution >= 0.6 is 34.5 Å². The van der Waals surface area contributed by atoms with Crippen LogP contribution < -0.4 is 10.1 Å². The van der Waals surface area contributed by atoms with Gasteiger partial charge in [-0.2, -0.15) is 0 Å². The van der Waals surface area contributed by atoms with Crippen LogP contribution in [0.2, 0.25) is 10.0 Å². The molecule has 0 atom stereocenters. The van der Waals surface area contributed by atoms with Crippen molar-refractivity contribution < 1.29 is 9.53 Å². The molecule has 0 radical (unpaired) electrons. The second-order valence-electron chi connectivity index (χ2n) is 6.43. The molecule has 4 rings (SSSR count). The van der Waals surface area contributed by atoms with E-state index in [4.69, 9.17) is 27.9 Å². The Morgan fingerprint density at radius 1 is 1.10 bits per heavy atom. The zero-order valence-electron chi connectivity index (χ0n) is 15.4. The molecule has 3 aromatic carbocycles. The maximum Gasteiger partial charge on any atom is 0.262 e. The minimum atomic E-state index is -0.271. The van der Waals surface area contributed by atoms with Gasteiger partial charge in [0.2, 0.25) is 0 Å². The van der Waals surface area contributed by atoms with Crippen LogP contribution in [0.3, 0.4) is 0 Å². The Balaban J connectivity index is 1.44. The van der Waals surface area contributed by atoms with Crippen molar-refractivity contribution in [1.82, 2.24) is 4.98 Å². The first-order valence-corrected chi connectivity index (χ1v) is 10.4. The highest BCUT2D eigenvalue weighted by Gasteiger charge is 2.11. The predicted molar refractivity (Wildman–Crippen MR) is 120 cm³/mol. The van der Waals surface area contributed by atoms with Crippen molar-refractivity contribution in [1.29, 1.82) is 0 Å². The van der Waals surface area contributed by atoms with Crippen molar-refractivity contribution in [2.75, 3.05) is 11.9 Å².